The summed E-state index contributed by atoms with van der Waals surface area (Å²) in [6, 6.07) is -1.18. The van der Waals surface area contributed by atoms with Gasteiger partial charge in [-0.15, -0.1) is 0 Å². The lowest BCUT2D eigenvalue weighted by atomic mass is 9.99. The summed E-state index contributed by atoms with van der Waals surface area (Å²) in [5, 5.41) is 55.7. The van der Waals surface area contributed by atoms with Crippen molar-refractivity contribution in [3.05, 3.63) is 12.2 Å². The summed E-state index contributed by atoms with van der Waals surface area (Å²) in [5.74, 6) is -0.193. The van der Waals surface area contributed by atoms with Gasteiger partial charge in [0.25, 0.3) is 0 Å². The lowest BCUT2D eigenvalue weighted by Crippen LogP contribution is -2.55. The first kappa shape index (κ1) is 23.0. The van der Waals surface area contributed by atoms with Crippen LogP contribution in [0.25, 0.3) is 0 Å². The number of nitrogens with one attached hydrogen (secondary N) is 2. The van der Waals surface area contributed by atoms with Gasteiger partial charge in [0.05, 0.1) is 24.4 Å². The zero-order valence-corrected chi connectivity index (χ0v) is 15.6. The number of aliphatic hydroxyl groups excluding tert-OH is 5. The highest BCUT2D eigenvalue weighted by Gasteiger charge is 2.33. The van der Waals surface area contributed by atoms with Crippen LogP contribution in [-0.2, 0) is 4.79 Å². The van der Waals surface area contributed by atoms with E-state index in [1.54, 1.807) is 13.0 Å². The minimum absolute atomic E-state index is 0.129. The fourth-order valence-corrected chi connectivity index (χ4v) is 2.94. The van der Waals surface area contributed by atoms with E-state index in [-0.39, 0.29) is 18.9 Å². The van der Waals surface area contributed by atoms with E-state index in [1.807, 2.05) is 6.92 Å². The number of amides is 1. The lowest BCUT2D eigenvalue weighted by Gasteiger charge is -2.31. The fraction of sp³-hybridized carbons (Fsp3) is 0.833. The highest BCUT2D eigenvalue weighted by atomic mass is 16.4. The molecule has 7 atom stereocenters. The van der Waals surface area contributed by atoms with Crippen LogP contribution >= 0.6 is 0 Å². The maximum absolute atomic E-state index is 11.9. The predicted molar refractivity (Wildman–Crippen MR) is 97.3 cm³/mol. The van der Waals surface area contributed by atoms with Crippen LogP contribution in [0.1, 0.15) is 46.0 Å². The van der Waals surface area contributed by atoms with Crippen molar-refractivity contribution in [2.45, 2.75) is 88.6 Å². The molecule has 0 saturated heterocycles. The molecule has 152 valence electrons. The molecule has 0 heterocycles. The molecule has 0 fully saturated rings. The molecule has 0 aromatic rings. The normalized spacial score (nSPS) is 29.7. The average Bonchev–Trinajstić information content (AvgIpc) is 2.72. The van der Waals surface area contributed by atoms with Gasteiger partial charge in [-0.2, -0.15) is 0 Å². The van der Waals surface area contributed by atoms with Gasteiger partial charge in [0.1, 0.15) is 12.2 Å². The van der Waals surface area contributed by atoms with Gasteiger partial charge < -0.3 is 36.2 Å². The number of carbonyl (C=O) groups is 1. The van der Waals surface area contributed by atoms with Gasteiger partial charge in [-0.1, -0.05) is 26.0 Å². The van der Waals surface area contributed by atoms with Crippen molar-refractivity contribution in [1.29, 1.82) is 0 Å². The molecule has 8 heteroatoms. The molecule has 0 radical (unpaired) electrons. The van der Waals surface area contributed by atoms with Crippen LogP contribution < -0.4 is 10.6 Å². The maximum atomic E-state index is 11.9. The standard InChI is InChI=1S/C18H34N2O6/c1-3-6-16(24)20-13(15(23)9-11(21)4-2)10-19-12-7-5-8-14(22)18(26)17(12)25/h5,8,11-15,17-19,21-23,25-26H,3-4,6-7,9-10H2,1-2H3,(H,20,24). The summed E-state index contributed by atoms with van der Waals surface area (Å²) in [7, 11) is 0. The Balaban J connectivity index is 2.71. The maximum Gasteiger partial charge on any atom is 0.220 e. The molecule has 0 aliphatic heterocycles. The fourth-order valence-electron chi connectivity index (χ4n) is 2.94. The third kappa shape index (κ3) is 7.30. The molecule has 0 bridgehead atoms. The van der Waals surface area contributed by atoms with Crippen molar-refractivity contribution in [2.75, 3.05) is 6.54 Å². The van der Waals surface area contributed by atoms with E-state index >= 15 is 0 Å². The molecule has 1 aliphatic rings. The molecule has 1 rings (SSSR count). The van der Waals surface area contributed by atoms with Gasteiger partial charge in [-0.3, -0.25) is 4.79 Å². The second kappa shape index (κ2) is 11.6. The van der Waals surface area contributed by atoms with E-state index in [9.17, 15) is 30.3 Å². The van der Waals surface area contributed by atoms with E-state index in [0.717, 1.165) is 0 Å². The summed E-state index contributed by atoms with van der Waals surface area (Å²) in [4.78, 5) is 11.9. The molecular weight excluding hydrogens is 340 g/mol. The quantitative estimate of drug-likeness (QED) is 0.238. The molecule has 1 amide bonds. The first-order valence-corrected chi connectivity index (χ1v) is 9.39. The van der Waals surface area contributed by atoms with Crippen LogP contribution in [-0.4, -0.2) is 80.6 Å². The van der Waals surface area contributed by atoms with Crippen LogP contribution in [0.4, 0.5) is 0 Å². The highest BCUT2D eigenvalue weighted by molar-refractivity contribution is 5.76. The number of hydrogen-bond donors (Lipinski definition) is 7. The SMILES string of the molecule is CCCC(=O)NC(CNC1CC=CC(O)C(O)C1O)C(O)CC(O)CC. The summed E-state index contributed by atoms with van der Waals surface area (Å²) in [5.41, 5.74) is 0. The van der Waals surface area contributed by atoms with Crippen molar-refractivity contribution >= 4 is 5.91 Å². The molecule has 0 aromatic heterocycles. The van der Waals surface area contributed by atoms with Gasteiger partial charge >= 0.3 is 0 Å². The van der Waals surface area contributed by atoms with Crippen molar-refractivity contribution in [1.82, 2.24) is 10.6 Å². The molecule has 8 nitrogen and oxygen atoms in total. The Bertz CT molecular complexity index is 447. The average molecular weight is 374 g/mol. The Hall–Kier alpha value is -1.03. The van der Waals surface area contributed by atoms with E-state index in [0.29, 0.717) is 25.7 Å². The molecule has 7 unspecified atom stereocenters. The van der Waals surface area contributed by atoms with Crippen molar-refractivity contribution in [3.63, 3.8) is 0 Å². The van der Waals surface area contributed by atoms with Gasteiger partial charge in [-0.05, 0) is 19.3 Å². The Kier molecular flexibility index (Phi) is 10.3. The Morgan fingerprint density at radius 3 is 2.50 bits per heavy atom. The molecule has 0 aromatic carbocycles. The van der Waals surface area contributed by atoms with Crippen LogP contribution in [0, 0.1) is 0 Å². The second-order valence-corrected chi connectivity index (χ2v) is 6.94. The third-order valence-electron chi connectivity index (χ3n) is 4.71. The minimum atomic E-state index is -1.31. The molecular formula is C18H34N2O6. The first-order chi connectivity index (χ1) is 12.3. The lowest BCUT2D eigenvalue weighted by molar-refractivity contribution is -0.123. The zero-order chi connectivity index (χ0) is 19.7. The minimum Gasteiger partial charge on any atom is -0.393 e. The van der Waals surface area contributed by atoms with Crippen LogP contribution in [0.3, 0.4) is 0 Å². The molecule has 1 aliphatic carbocycles. The molecule has 0 spiro atoms. The van der Waals surface area contributed by atoms with Gasteiger partial charge in [0.2, 0.25) is 5.91 Å². The van der Waals surface area contributed by atoms with E-state index in [4.69, 9.17) is 0 Å². The summed E-state index contributed by atoms with van der Waals surface area (Å²) < 4.78 is 0. The summed E-state index contributed by atoms with van der Waals surface area (Å²) in [6.45, 7) is 3.84. The third-order valence-corrected chi connectivity index (χ3v) is 4.71. The molecule has 0 saturated carbocycles. The largest absolute Gasteiger partial charge is 0.393 e. The first-order valence-electron chi connectivity index (χ1n) is 9.39. The Morgan fingerprint density at radius 1 is 1.19 bits per heavy atom. The molecule has 7 N–H and O–H groups in total. The van der Waals surface area contributed by atoms with Gasteiger partial charge in [0.15, 0.2) is 0 Å². The van der Waals surface area contributed by atoms with Crippen molar-refractivity contribution in [2.24, 2.45) is 0 Å². The van der Waals surface area contributed by atoms with Crippen molar-refractivity contribution < 1.29 is 30.3 Å². The second-order valence-electron chi connectivity index (χ2n) is 6.94. The number of hydrogen-bond acceptors (Lipinski definition) is 7. The Labute approximate surface area is 154 Å². The highest BCUT2D eigenvalue weighted by Crippen LogP contribution is 2.15. The van der Waals surface area contributed by atoms with Gasteiger partial charge in [0, 0.05) is 25.4 Å². The predicted octanol–water partition coefficient (Wildman–Crippen LogP) is -1.21. The number of aliphatic hydroxyl groups is 5. The summed E-state index contributed by atoms with van der Waals surface area (Å²) >= 11 is 0. The zero-order valence-electron chi connectivity index (χ0n) is 15.6. The number of carbonyl (C=O) groups excluding carboxylic acids is 1. The topological polar surface area (TPSA) is 142 Å². The summed E-state index contributed by atoms with van der Waals surface area (Å²) in [6.07, 6.45) is -0.134. The Morgan fingerprint density at radius 2 is 1.88 bits per heavy atom. The number of rotatable bonds is 10. The van der Waals surface area contributed by atoms with Crippen molar-refractivity contribution in [3.8, 4) is 0 Å². The van der Waals surface area contributed by atoms with Crippen LogP contribution in [0.2, 0.25) is 0 Å². The van der Waals surface area contributed by atoms with E-state index < -0.39 is 42.6 Å². The van der Waals surface area contributed by atoms with Crippen LogP contribution in [0.15, 0.2) is 12.2 Å². The van der Waals surface area contributed by atoms with E-state index in [1.165, 1.54) is 6.08 Å². The van der Waals surface area contributed by atoms with E-state index in [2.05, 4.69) is 10.6 Å². The van der Waals surface area contributed by atoms with Gasteiger partial charge in [-0.25, -0.2) is 0 Å². The molecule has 26 heavy (non-hydrogen) atoms. The monoisotopic (exact) mass is 374 g/mol. The van der Waals surface area contributed by atoms with Crippen LogP contribution in [0.5, 0.6) is 0 Å². The smallest absolute Gasteiger partial charge is 0.220 e.